The van der Waals surface area contributed by atoms with Crippen molar-refractivity contribution in [2.45, 2.75) is 0 Å². The molecule has 2 aromatic rings. The lowest BCUT2D eigenvalue weighted by Crippen LogP contribution is -2.37. The number of carbonyl (C=O) groups is 1. The van der Waals surface area contributed by atoms with E-state index in [2.05, 4.69) is 0 Å². The van der Waals surface area contributed by atoms with Crippen molar-refractivity contribution in [3.8, 4) is 5.75 Å². The summed E-state index contributed by atoms with van der Waals surface area (Å²) in [6.45, 7) is 2.16. The van der Waals surface area contributed by atoms with Crippen molar-refractivity contribution in [1.29, 1.82) is 0 Å². The fraction of sp³-hybridized carbons (Fsp3) is 0.267. The zero-order chi connectivity index (χ0) is 13.9. The minimum Gasteiger partial charge on any atom is -0.507 e. The molecule has 0 unspecified atom stereocenters. The van der Waals surface area contributed by atoms with Crippen molar-refractivity contribution >= 4 is 16.7 Å². The topological polar surface area (TPSA) is 59.0 Å². The molecule has 1 heterocycles. The molecule has 0 atom stereocenters. The van der Waals surface area contributed by atoms with Gasteiger partial charge in [0.15, 0.2) is 0 Å². The molecule has 1 saturated heterocycles. The number of aromatic hydroxyl groups is 1. The SMILES string of the molecule is O=C(ON1CCOCC1)c1cc2ccccc2cc1O. The van der Waals surface area contributed by atoms with E-state index in [1.165, 1.54) is 0 Å². The molecule has 1 aliphatic rings. The van der Waals surface area contributed by atoms with Gasteiger partial charge in [-0.15, -0.1) is 5.06 Å². The number of ether oxygens (including phenoxy) is 1. The van der Waals surface area contributed by atoms with Crippen molar-refractivity contribution < 1.29 is 19.5 Å². The smallest absolute Gasteiger partial charge is 0.360 e. The lowest BCUT2D eigenvalue weighted by Gasteiger charge is -2.25. The van der Waals surface area contributed by atoms with Crippen LogP contribution >= 0.6 is 0 Å². The molecule has 104 valence electrons. The van der Waals surface area contributed by atoms with Crippen LogP contribution in [0.2, 0.25) is 0 Å². The van der Waals surface area contributed by atoms with Crippen molar-refractivity contribution in [2.24, 2.45) is 0 Å². The van der Waals surface area contributed by atoms with Gasteiger partial charge in [-0.05, 0) is 22.9 Å². The molecule has 2 aromatic carbocycles. The molecule has 0 radical (unpaired) electrons. The second-order valence-corrected chi connectivity index (χ2v) is 4.64. The molecule has 3 rings (SSSR count). The second-order valence-electron chi connectivity index (χ2n) is 4.64. The third-order valence-electron chi connectivity index (χ3n) is 3.27. The highest BCUT2D eigenvalue weighted by Gasteiger charge is 2.19. The number of hydrogen-bond donors (Lipinski definition) is 1. The van der Waals surface area contributed by atoms with Crippen LogP contribution in [0, 0.1) is 0 Å². The number of hydrogen-bond acceptors (Lipinski definition) is 5. The number of hydroxylamine groups is 2. The normalized spacial score (nSPS) is 16.2. The minimum absolute atomic E-state index is 0.0676. The van der Waals surface area contributed by atoms with Crippen LogP contribution in [0.15, 0.2) is 36.4 Å². The van der Waals surface area contributed by atoms with Gasteiger partial charge in [-0.1, -0.05) is 24.3 Å². The molecule has 1 fully saturated rings. The molecule has 1 N–H and O–H groups in total. The van der Waals surface area contributed by atoms with Crippen molar-refractivity contribution in [2.75, 3.05) is 26.3 Å². The van der Waals surface area contributed by atoms with Crippen LogP contribution in [0.25, 0.3) is 10.8 Å². The van der Waals surface area contributed by atoms with Crippen LogP contribution in [0.1, 0.15) is 10.4 Å². The van der Waals surface area contributed by atoms with Crippen LogP contribution in [-0.4, -0.2) is 42.4 Å². The van der Waals surface area contributed by atoms with E-state index < -0.39 is 5.97 Å². The molecular weight excluding hydrogens is 258 g/mol. The molecular formula is C15H15NO4. The lowest BCUT2D eigenvalue weighted by molar-refractivity contribution is -0.150. The van der Waals surface area contributed by atoms with Gasteiger partial charge in [0.25, 0.3) is 0 Å². The van der Waals surface area contributed by atoms with Gasteiger partial charge in [0.05, 0.1) is 26.3 Å². The fourth-order valence-electron chi connectivity index (χ4n) is 2.20. The van der Waals surface area contributed by atoms with Gasteiger partial charge >= 0.3 is 5.97 Å². The summed E-state index contributed by atoms with van der Waals surface area (Å²) in [7, 11) is 0. The maximum absolute atomic E-state index is 12.1. The van der Waals surface area contributed by atoms with Gasteiger partial charge in [0.2, 0.25) is 0 Å². The van der Waals surface area contributed by atoms with E-state index in [4.69, 9.17) is 9.57 Å². The first-order chi connectivity index (χ1) is 9.74. The first-order valence-electron chi connectivity index (χ1n) is 6.51. The molecule has 0 spiro atoms. The molecule has 1 aliphatic heterocycles. The van der Waals surface area contributed by atoms with Crippen LogP contribution in [0.4, 0.5) is 0 Å². The number of phenolic OH excluding ortho intramolecular Hbond substituents is 1. The van der Waals surface area contributed by atoms with E-state index in [0.717, 1.165) is 10.8 Å². The van der Waals surface area contributed by atoms with Gasteiger partial charge in [-0.2, -0.15) is 0 Å². The second kappa shape index (κ2) is 5.48. The van der Waals surface area contributed by atoms with E-state index in [1.807, 2.05) is 24.3 Å². The Balaban J connectivity index is 1.84. The highest BCUT2D eigenvalue weighted by atomic mass is 16.7. The van der Waals surface area contributed by atoms with Gasteiger partial charge in [-0.3, -0.25) is 0 Å². The number of carbonyl (C=O) groups excluding carboxylic acids is 1. The highest BCUT2D eigenvalue weighted by molar-refractivity contribution is 5.98. The monoisotopic (exact) mass is 273 g/mol. The third-order valence-corrected chi connectivity index (χ3v) is 3.27. The number of nitrogens with zero attached hydrogens (tertiary/aromatic N) is 1. The van der Waals surface area contributed by atoms with E-state index in [-0.39, 0.29) is 11.3 Å². The zero-order valence-corrected chi connectivity index (χ0v) is 10.9. The predicted octanol–water partition coefficient (Wildman–Crippen LogP) is 1.95. The average Bonchev–Trinajstić information content (AvgIpc) is 2.47. The van der Waals surface area contributed by atoms with Crippen molar-refractivity contribution in [3.63, 3.8) is 0 Å². The molecule has 5 nitrogen and oxygen atoms in total. The summed E-state index contributed by atoms with van der Waals surface area (Å²) in [5.74, 6) is -0.614. The number of benzene rings is 2. The Kier molecular flexibility index (Phi) is 3.54. The van der Waals surface area contributed by atoms with Crippen LogP contribution in [0.3, 0.4) is 0 Å². The Bertz CT molecular complexity index is 635. The quantitative estimate of drug-likeness (QED) is 0.906. The molecule has 0 saturated carbocycles. The number of phenols is 1. The summed E-state index contributed by atoms with van der Waals surface area (Å²) < 4.78 is 5.19. The summed E-state index contributed by atoms with van der Waals surface area (Å²) in [6.07, 6.45) is 0. The van der Waals surface area contributed by atoms with Gasteiger partial charge in [0.1, 0.15) is 11.3 Å². The number of morpholine rings is 1. The van der Waals surface area contributed by atoms with Crippen LogP contribution < -0.4 is 0 Å². The Morgan fingerprint density at radius 3 is 2.50 bits per heavy atom. The Morgan fingerprint density at radius 2 is 1.80 bits per heavy atom. The molecule has 0 aliphatic carbocycles. The first-order valence-corrected chi connectivity index (χ1v) is 6.51. The highest BCUT2D eigenvalue weighted by Crippen LogP contribution is 2.25. The molecule has 20 heavy (non-hydrogen) atoms. The lowest BCUT2D eigenvalue weighted by atomic mass is 10.1. The van der Waals surface area contributed by atoms with E-state index >= 15 is 0 Å². The van der Waals surface area contributed by atoms with Crippen LogP contribution in [-0.2, 0) is 9.57 Å². The molecule has 5 heteroatoms. The first kappa shape index (κ1) is 12.9. The third kappa shape index (κ3) is 2.59. The Hall–Kier alpha value is -2.11. The summed E-state index contributed by atoms with van der Waals surface area (Å²) in [4.78, 5) is 17.4. The largest absolute Gasteiger partial charge is 0.507 e. The summed E-state index contributed by atoms with van der Waals surface area (Å²) in [5.41, 5.74) is 0.176. The van der Waals surface area contributed by atoms with E-state index in [1.54, 1.807) is 17.2 Å². The van der Waals surface area contributed by atoms with Gasteiger partial charge in [-0.25, -0.2) is 4.79 Å². The number of rotatable bonds is 2. The minimum atomic E-state index is -0.546. The maximum Gasteiger partial charge on any atom is 0.360 e. The average molecular weight is 273 g/mol. The Morgan fingerprint density at radius 1 is 1.15 bits per heavy atom. The summed E-state index contributed by atoms with van der Waals surface area (Å²) >= 11 is 0. The van der Waals surface area contributed by atoms with Crippen molar-refractivity contribution in [3.05, 3.63) is 42.0 Å². The summed E-state index contributed by atoms with van der Waals surface area (Å²) in [6, 6.07) is 10.8. The standard InChI is InChI=1S/C15H15NO4/c17-14-10-12-4-2-1-3-11(12)9-13(14)15(18)20-16-5-7-19-8-6-16/h1-4,9-10,17H,5-8H2. The zero-order valence-electron chi connectivity index (χ0n) is 10.9. The fourth-order valence-corrected chi connectivity index (χ4v) is 2.20. The number of fused-ring (bicyclic) bond motifs is 1. The molecule has 0 bridgehead atoms. The molecule has 0 amide bonds. The van der Waals surface area contributed by atoms with Gasteiger partial charge < -0.3 is 14.7 Å². The maximum atomic E-state index is 12.1. The molecule has 0 aromatic heterocycles. The van der Waals surface area contributed by atoms with Crippen molar-refractivity contribution in [1.82, 2.24) is 5.06 Å². The van der Waals surface area contributed by atoms with Crippen LogP contribution in [0.5, 0.6) is 5.75 Å². The van der Waals surface area contributed by atoms with E-state index in [9.17, 15) is 9.90 Å². The predicted molar refractivity (Wildman–Crippen MR) is 73.4 cm³/mol. The van der Waals surface area contributed by atoms with E-state index in [0.29, 0.717) is 26.3 Å². The van der Waals surface area contributed by atoms with Gasteiger partial charge in [0, 0.05) is 0 Å². The summed E-state index contributed by atoms with van der Waals surface area (Å²) in [5, 5.41) is 13.3. The Labute approximate surface area is 116 Å².